The molecule has 1 fully saturated rings. The smallest absolute Gasteiger partial charge is 0.337 e. The van der Waals surface area contributed by atoms with Gasteiger partial charge in [-0.1, -0.05) is 36.4 Å². The fourth-order valence-electron chi connectivity index (χ4n) is 3.22. The summed E-state index contributed by atoms with van der Waals surface area (Å²) in [6, 6.07) is 16.6. The lowest BCUT2D eigenvalue weighted by molar-refractivity contribution is -0.130. The number of carbonyl (C=O) groups is 1. The zero-order valence-electron chi connectivity index (χ0n) is 15.4. The van der Waals surface area contributed by atoms with E-state index in [9.17, 15) is 18.3 Å². The summed E-state index contributed by atoms with van der Waals surface area (Å²) in [5.74, 6) is -1.10. The van der Waals surface area contributed by atoms with Crippen molar-refractivity contribution in [3.05, 3.63) is 65.0 Å². The lowest BCUT2D eigenvalue weighted by Gasteiger charge is -2.25. The predicted octanol–water partition coefficient (Wildman–Crippen LogP) is 3.55. The van der Waals surface area contributed by atoms with Crippen LogP contribution in [0.15, 0.2) is 58.8 Å². The third-order valence-corrected chi connectivity index (χ3v) is 8.21. The van der Waals surface area contributed by atoms with Gasteiger partial charge in [0.15, 0.2) is 0 Å². The van der Waals surface area contributed by atoms with E-state index in [2.05, 4.69) is 0 Å². The summed E-state index contributed by atoms with van der Waals surface area (Å²) in [5.41, 5.74) is 0.806. The van der Waals surface area contributed by atoms with E-state index in [4.69, 9.17) is 4.74 Å². The van der Waals surface area contributed by atoms with Gasteiger partial charge in [-0.2, -0.15) is 4.31 Å². The number of hydrogen-bond donors (Lipinski definition) is 1. The summed E-state index contributed by atoms with van der Waals surface area (Å²) < 4.78 is 32.3. The molecule has 1 aliphatic heterocycles. The molecular formula is C21H19NO5S2. The molecule has 3 aromatic rings. The zero-order chi connectivity index (χ0) is 20.4. The van der Waals surface area contributed by atoms with Crippen LogP contribution >= 0.6 is 11.3 Å². The quantitative estimate of drug-likeness (QED) is 0.627. The highest BCUT2D eigenvalue weighted by atomic mass is 32.2. The van der Waals surface area contributed by atoms with Crippen LogP contribution < -0.4 is 0 Å². The van der Waals surface area contributed by atoms with Crippen molar-refractivity contribution < 1.29 is 23.1 Å². The molecule has 1 aliphatic rings. The number of thiophene rings is 1. The Labute approximate surface area is 172 Å². The fourth-order valence-corrected chi connectivity index (χ4v) is 6.10. The van der Waals surface area contributed by atoms with Gasteiger partial charge in [0, 0.05) is 18.0 Å². The molecule has 1 saturated heterocycles. The number of carboxylic acids is 1. The van der Waals surface area contributed by atoms with Crippen molar-refractivity contribution >= 4 is 49.8 Å². The molecule has 0 spiro atoms. The molecule has 8 heteroatoms. The summed E-state index contributed by atoms with van der Waals surface area (Å²) in [5, 5.41) is 11.8. The number of rotatable bonds is 5. The highest BCUT2D eigenvalue weighted by Gasteiger charge is 2.28. The molecule has 150 valence electrons. The number of aliphatic carboxylic acids is 1. The SMILES string of the molecule is O=C(O)C(=Cc1ccc2ccccc2c1)c1ccc(S(=O)(=O)N2CCOCC2)s1. The van der Waals surface area contributed by atoms with Crippen LogP contribution in [0.4, 0.5) is 0 Å². The Balaban J connectivity index is 1.69. The predicted molar refractivity (Wildman–Crippen MR) is 113 cm³/mol. The van der Waals surface area contributed by atoms with Crippen molar-refractivity contribution in [2.45, 2.75) is 4.21 Å². The minimum atomic E-state index is -3.65. The third-order valence-electron chi connectivity index (χ3n) is 4.73. The lowest BCUT2D eigenvalue weighted by Crippen LogP contribution is -2.40. The second kappa shape index (κ2) is 8.08. The summed E-state index contributed by atoms with van der Waals surface area (Å²) in [7, 11) is -3.65. The first-order chi connectivity index (χ1) is 13.9. The summed E-state index contributed by atoms with van der Waals surface area (Å²) in [4.78, 5) is 12.3. The van der Waals surface area contributed by atoms with Crippen LogP contribution in [0.25, 0.3) is 22.4 Å². The Morgan fingerprint density at radius 3 is 2.48 bits per heavy atom. The molecule has 0 aliphatic carbocycles. The van der Waals surface area contributed by atoms with Gasteiger partial charge in [0.2, 0.25) is 0 Å². The van der Waals surface area contributed by atoms with Gasteiger partial charge < -0.3 is 9.84 Å². The molecule has 2 heterocycles. The van der Waals surface area contributed by atoms with Crippen molar-refractivity contribution in [3.63, 3.8) is 0 Å². The Bertz CT molecular complexity index is 1190. The Kier molecular flexibility index (Phi) is 5.51. The van der Waals surface area contributed by atoms with Crippen LogP contribution in [0.2, 0.25) is 0 Å². The van der Waals surface area contributed by atoms with E-state index in [1.165, 1.54) is 10.4 Å². The van der Waals surface area contributed by atoms with Crippen LogP contribution in [0.3, 0.4) is 0 Å². The van der Waals surface area contributed by atoms with Crippen molar-refractivity contribution in [3.8, 4) is 0 Å². The average molecular weight is 430 g/mol. The number of carboxylic acid groups (broad SMARTS) is 1. The van der Waals surface area contributed by atoms with E-state index < -0.39 is 16.0 Å². The zero-order valence-corrected chi connectivity index (χ0v) is 17.1. The maximum absolute atomic E-state index is 12.8. The van der Waals surface area contributed by atoms with E-state index in [1.807, 2.05) is 42.5 Å². The van der Waals surface area contributed by atoms with Gasteiger partial charge in [-0.25, -0.2) is 13.2 Å². The molecule has 0 unspecified atom stereocenters. The molecular weight excluding hydrogens is 410 g/mol. The van der Waals surface area contributed by atoms with Crippen LogP contribution in [-0.4, -0.2) is 50.1 Å². The van der Waals surface area contributed by atoms with Gasteiger partial charge in [-0.05, 0) is 40.6 Å². The third kappa shape index (κ3) is 4.11. The van der Waals surface area contributed by atoms with Crippen LogP contribution in [0.5, 0.6) is 0 Å². The lowest BCUT2D eigenvalue weighted by atomic mass is 10.0. The van der Waals surface area contributed by atoms with Crippen molar-refractivity contribution in [1.29, 1.82) is 0 Å². The number of nitrogens with zero attached hydrogens (tertiary/aromatic N) is 1. The first-order valence-corrected chi connectivity index (χ1v) is 11.3. The number of morpholine rings is 1. The van der Waals surface area contributed by atoms with Crippen LogP contribution in [0.1, 0.15) is 10.4 Å². The summed E-state index contributed by atoms with van der Waals surface area (Å²) >= 11 is 0.973. The van der Waals surface area contributed by atoms with Crippen molar-refractivity contribution in [2.24, 2.45) is 0 Å². The topological polar surface area (TPSA) is 83.9 Å². The Morgan fingerprint density at radius 2 is 1.76 bits per heavy atom. The van der Waals surface area contributed by atoms with Gasteiger partial charge >= 0.3 is 5.97 Å². The first-order valence-electron chi connectivity index (χ1n) is 9.07. The van der Waals surface area contributed by atoms with Gasteiger partial charge in [0.05, 0.1) is 18.8 Å². The van der Waals surface area contributed by atoms with Crippen LogP contribution in [-0.2, 0) is 19.6 Å². The first kappa shape index (κ1) is 19.8. The minimum Gasteiger partial charge on any atom is -0.478 e. The maximum Gasteiger partial charge on any atom is 0.337 e. The van der Waals surface area contributed by atoms with E-state index in [0.717, 1.165) is 27.7 Å². The highest BCUT2D eigenvalue weighted by molar-refractivity contribution is 7.91. The van der Waals surface area contributed by atoms with E-state index in [1.54, 1.807) is 12.1 Å². The summed E-state index contributed by atoms with van der Waals surface area (Å²) in [6.07, 6.45) is 1.58. The molecule has 6 nitrogen and oxygen atoms in total. The number of benzene rings is 2. The maximum atomic E-state index is 12.8. The largest absolute Gasteiger partial charge is 0.478 e. The summed E-state index contributed by atoms with van der Waals surface area (Å²) in [6.45, 7) is 1.32. The molecule has 1 aromatic heterocycles. The van der Waals surface area contributed by atoms with Crippen LogP contribution in [0, 0.1) is 0 Å². The number of fused-ring (bicyclic) bond motifs is 1. The van der Waals surface area contributed by atoms with Crippen molar-refractivity contribution in [2.75, 3.05) is 26.3 Å². The van der Waals surface area contributed by atoms with Gasteiger partial charge in [0.1, 0.15) is 4.21 Å². The van der Waals surface area contributed by atoms with Gasteiger partial charge in [-0.3, -0.25) is 0 Å². The molecule has 4 rings (SSSR count). The van der Waals surface area contributed by atoms with E-state index >= 15 is 0 Å². The Morgan fingerprint density at radius 1 is 1.03 bits per heavy atom. The molecule has 2 aromatic carbocycles. The van der Waals surface area contributed by atoms with E-state index in [-0.39, 0.29) is 9.78 Å². The molecule has 0 radical (unpaired) electrons. The fraction of sp³-hybridized carbons (Fsp3) is 0.190. The molecule has 29 heavy (non-hydrogen) atoms. The Hall–Kier alpha value is -2.52. The van der Waals surface area contributed by atoms with Gasteiger partial charge in [-0.15, -0.1) is 11.3 Å². The molecule has 0 saturated carbocycles. The minimum absolute atomic E-state index is 0.0636. The number of sulfonamides is 1. The highest BCUT2D eigenvalue weighted by Crippen LogP contribution is 2.31. The standard InChI is InChI=1S/C21H19NO5S2/c23-21(24)18(14-15-5-6-16-3-1-2-4-17(16)13-15)19-7-8-20(28-19)29(25,26)22-9-11-27-12-10-22/h1-8,13-14H,9-12H2,(H,23,24). The van der Waals surface area contributed by atoms with Crippen molar-refractivity contribution in [1.82, 2.24) is 4.31 Å². The molecule has 0 amide bonds. The number of ether oxygens (including phenoxy) is 1. The average Bonchev–Trinajstić information content (AvgIpc) is 3.23. The number of hydrogen-bond acceptors (Lipinski definition) is 5. The second-order valence-electron chi connectivity index (χ2n) is 6.60. The molecule has 0 bridgehead atoms. The molecule has 1 N–H and O–H groups in total. The van der Waals surface area contributed by atoms with Gasteiger partial charge in [0.25, 0.3) is 10.0 Å². The normalized spacial score (nSPS) is 16.2. The monoisotopic (exact) mass is 429 g/mol. The molecule has 0 atom stereocenters. The second-order valence-corrected chi connectivity index (χ2v) is 9.85. The van der Waals surface area contributed by atoms with E-state index in [0.29, 0.717) is 31.2 Å².